The molecule has 1 saturated carbocycles. The summed E-state index contributed by atoms with van der Waals surface area (Å²) in [5, 5.41) is 14.4. The lowest BCUT2D eigenvalue weighted by Gasteiger charge is -2.47. The summed E-state index contributed by atoms with van der Waals surface area (Å²) < 4.78 is 17.7. The topological polar surface area (TPSA) is 80.3 Å². The van der Waals surface area contributed by atoms with Gasteiger partial charge in [-0.2, -0.15) is 0 Å². The highest BCUT2D eigenvalue weighted by molar-refractivity contribution is 7.95. The van der Waals surface area contributed by atoms with E-state index in [1.54, 1.807) is 7.11 Å². The van der Waals surface area contributed by atoms with E-state index in [9.17, 15) is 9.90 Å². The fraction of sp³-hybridized carbons (Fsp3) is 0.857. The summed E-state index contributed by atoms with van der Waals surface area (Å²) in [6, 6.07) is 0. The first-order valence-electron chi connectivity index (χ1n) is 10.2. The second-order valence-corrected chi connectivity index (χ2v) is 11.5. The minimum Gasteiger partial charge on any atom is -1.00 e. The zero-order chi connectivity index (χ0) is 21.8. The molecule has 9 heteroatoms. The Balaban J connectivity index is 0.00000450. The van der Waals surface area contributed by atoms with Crippen molar-refractivity contribution in [3.8, 4) is 0 Å². The van der Waals surface area contributed by atoms with Crippen LogP contribution in [0.15, 0.2) is 11.6 Å². The highest BCUT2D eigenvalue weighted by Gasteiger charge is 2.68. The molecule has 0 radical (unpaired) electrons. The van der Waals surface area contributed by atoms with E-state index in [1.807, 2.05) is 0 Å². The van der Waals surface area contributed by atoms with Crippen LogP contribution in [-0.4, -0.2) is 78.5 Å². The highest BCUT2D eigenvalue weighted by atomic mass is 127. The second kappa shape index (κ2) is 11.9. The van der Waals surface area contributed by atoms with Crippen molar-refractivity contribution in [1.82, 2.24) is 5.32 Å². The molecule has 2 aliphatic rings. The summed E-state index contributed by atoms with van der Waals surface area (Å²) in [5.74, 6) is 0.713. The lowest BCUT2D eigenvalue weighted by atomic mass is 9.66. The Hall–Kier alpha value is 0.260. The fourth-order valence-electron chi connectivity index (χ4n) is 4.67. The molecular formula is C21H37ClINO5S. The van der Waals surface area contributed by atoms with Crippen LogP contribution in [0.25, 0.3) is 0 Å². The zero-order valence-corrected chi connectivity index (χ0v) is 22.6. The molecule has 6 unspecified atom stereocenters. The van der Waals surface area contributed by atoms with Gasteiger partial charge in [-0.15, -0.1) is 11.6 Å². The summed E-state index contributed by atoms with van der Waals surface area (Å²) in [6.45, 7) is 6.53. The summed E-state index contributed by atoms with van der Waals surface area (Å²) >= 11 is 5.64. The molecule has 1 amide bonds. The van der Waals surface area contributed by atoms with Gasteiger partial charge in [-0.25, -0.2) is 4.79 Å². The van der Waals surface area contributed by atoms with Crippen LogP contribution in [0.3, 0.4) is 0 Å². The number of allylic oxidation sites excluding steroid dienone is 1. The maximum absolute atomic E-state index is 12.1. The molecule has 2 fully saturated rings. The van der Waals surface area contributed by atoms with Crippen molar-refractivity contribution >= 4 is 28.6 Å². The van der Waals surface area contributed by atoms with Crippen LogP contribution in [0.5, 0.6) is 0 Å². The number of ether oxygens (including phenoxy) is 3. The third-order valence-electron chi connectivity index (χ3n) is 5.90. The van der Waals surface area contributed by atoms with Crippen molar-refractivity contribution < 1.29 is 48.1 Å². The van der Waals surface area contributed by atoms with Gasteiger partial charge in [0, 0.05) is 19.5 Å². The van der Waals surface area contributed by atoms with Crippen LogP contribution < -0.4 is 29.3 Å². The smallest absolute Gasteiger partial charge is 0.407 e. The van der Waals surface area contributed by atoms with Gasteiger partial charge in [0.2, 0.25) is 0 Å². The number of carbonyl (C=O) groups is 1. The number of alkyl carbamates (subject to hydrolysis) is 1. The van der Waals surface area contributed by atoms with E-state index in [1.165, 1.54) is 5.57 Å². The minimum absolute atomic E-state index is 0. The minimum atomic E-state index is -0.922. The van der Waals surface area contributed by atoms with Crippen molar-refractivity contribution in [2.45, 2.75) is 69.5 Å². The molecule has 2 N–H and O–H groups in total. The second-order valence-electron chi connectivity index (χ2n) is 8.82. The normalized spacial score (nSPS) is 35.4. The first-order valence-corrected chi connectivity index (χ1v) is 12.9. The van der Waals surface area contributed by atoms with Gasteiger partial charge in [0.05, 0.1) is 24.5 Å². The first kappa shape index (κ1) is 28.3. The van der Waals surface area contributed by atoms with Crippen molar-refractivity contribution in [3.63, 3.8) is 0 Å². The molecule has 1 heterocycles. The zero-order valence-electron chi connectivity index (χ0n) is 18.9. The Labute approximate surface area is 206 Å². The Kier molecular flexibility index (Phi) is 11.3. The quantitative estimate of drug-likeness (QED) is 0.131. The average Bonchev–Trinajstić information content (AvgIpc) is 3.29. The van der Waals surface area contributed by atoms with Crippen molar-refractivity contribution in [3.05, 3.63) is 11.6 Å². The van der Waals surface area contributed by atoms with Gasteiger partial charge in [-0.1, -0.05) is 11.6 Å². The Morgan fingerprint density at radius 2 is 2.07 bits per heavy atom. The SMILES string of the molecule is COC1C(OC(=O)NCCCl)CCC(O)(C[S+](C)C)C1C1(C)OC1CC=C(C)C.[I-]. The maximum atomic E-state index is 12.1. The van der Waals surface area contributed by atoms with E-state index in [-0.39, 0.29) is 46.9 Å². The van der Waals surface area contributed by atoms with Crippen LogP contribution in [0.4, 0.5) is 4.79 Å². The Morgan fingerprint density at radius 1 is 1.40 bits per heavy atom. The molecule has 2 rings (SSSR count). The molecule has 0 aromatic rings. The standard InChI is InChI=1S/C21H36ClNO5S.HI/c1-14(2)7-8-16-20(3,28-16)18-17(26-4)15(27-19(24)23-12-11-22)9-10-21(18,25)13-29(5)6;/h7,15-18,25H,8-13H2,1-6H3;1H. The van der Waals surface area contributed by atoms with E-state index in [0.29, 0.717) is 31.0 Å². The number of rotatable bonds is 9. The van der Waals surface area contributed by atoms with E-state index < -0.39 is 29.5 Å². The highest BCUT2D eigenvalue weighted by Crippen LogP contribution is 2.54. The number of alkyl halides is 1. The van der Waals surface area contributed by atoms with E-state index >= 15 is 0 Å². The van der Waals surface area contributed by atoms with Crippen molar-refractivity contribution in [2.75, 3.05) is 37.8 Å². The van der Waals surface area contributed by atoms with Crippen molar-refractivity contribution in [2.24, 2.45) is 5.92 Å². The van der Waals surface area contributed by atoms with Gasteiger partial charge in [0.25, 0.3) is 0 Å². The lowest BCUT2D eigenvalue weighted by molar-refractivity contribution is -0.170. The molecule has 6 atom stereocenters. The summed E-state index contributed by atoms with van der Waals surface area (Å²) in [5.41, 5.74) is -0.199. The number of hydrogen-bond donors (Lipinski definition) is 2. The summed E-state index contributed by atoms with van der Waals surface area (Å²) in [4.78, 5) is 12.1. The first-order chi connectivity index (χ1) is 13.6. The molecule has 0 spiro atoms. The van der Waals surface area contributed by atoms with Crippen LogP contribution in [0, 0.1) is 5.92 Å². The van der Waals surface area contributed by atoms with Gasteiger partial charge in [0.15, 0.2) is 0 Å². The fourth-order valence-corrected chi connectivity index (χ4v) is 6.09. The maximum Gasteiger partial charge on any atom is 0.407 e. The molecular weight excluding hydrogens is 541 g/mol. The van der Waals surface area contributed by atoms with Gasteiger partial charge >= 0.3 is 6.09 Å². The summed E-state index contributed by atoms with van der Waals surface area (Å²) in [7, 11) is 1.66. The third-order valence-corrected chi connectivity index (χ3v) is 7.17. The largest absolute Gasteiger partial charge is 1.00 e. The number of hydrogen-bond acceptors (Lipinski definition) is 5. The van der Waals surface area contributed by atoms with E-state index in [2.05, 4.69) is 44.7 Å². The number of methoxy groups -OCH3 is 1. The van der Waals surface area contributed by atoms with Gasteiger partial charge in [-0.05, 0) is 50.9 Å². The van der Waals surface area contributed by atoms with Crippen molar-refractivity contribution in [1.29, 1.82) is 0 Å². The molecule has 0 aromatic heterocycles. The lowest BCUT2D eigenvalue weighted by Crippen LogP contribution is -3.00. The number of epoxide rings is 1. The number of amides is 1. The predicted octanol–water partition coefficient (Wildman–Crippen LogP) is -0.128. The molecule has 0 bridgehead atoms. The number of nitrogens with one attached hydrogen (secondary N) is 1. The van der Waals surface area contributed by atoms with Gasteiger partial charge in [-0.3, -0.25) is 0 Å². The molecule has 30 heavy (non-hydrogen) atoms. The Morgan fingerprint density at radius 3 is 2.60 bits per heavy atom. The predicted molar refractivity (Wildman–Crippen MR) is 119 cm³/mol. The van der Waals surface area contributed by atoms with Crippen LogP contribution in [0.2, 0.25) is 0 Å². The van der Waals surface area contributed by atoms with Gasteiger partial charge in [0.1, 0.15) is 29.2 Å². The molecule has 0 aromatic carbocycles. The molecule has 6 nitrogen and oxygen atoms in total. The molecule has 1 aliphatic heterocycles. The van der Waals surface area contributed by atoms with E-state index in [0.717, 1.165) is 6.42 Å². The van der Waals surface area contributed by atoms with Crippen LogP contribution in [0.1, 0.15) is 40.0 Å². The molecule has 1 saturated heterocycles. The number of halogens is 2. The van der Waals surface area contributed by atoms with Crippen LogP contribution >= 0.6 is 11.6 Å². The van der Waals surface area contributed by atoms with Crippen LogP contribution in [-0.2, 0) is 25.1 Å². The monoisotopic (exact) mass is 577 g/mol. The van der Waals surface area contributed by atoms with E-state index in [4.69, 9.17) is 25.8 Å². The third kappa shape index (κ3) is 6.88. The molecule has 1 aliphatic carbocycles. The average molecular weight is 578 g/mol. The number of carbonyl (C=O) groups excluding carboxylic acids is 1. The number of aliphatic hydroxyl groups is 1. The molecule has 176 valence electrons. The Bertz CT molecular complexity index is 606. The summed E-state index contributed by atoms with van der Waals surface area (Å²) in [6.07, 6.45) is 6.95. The van der Waals surface area contributed by atoms with Gasteiger partial charge < -0.3 is 48.6 Å².